The highest BCUT2D eigenvalue weighted by Gasteiger charge is 2.42. The Hall–Kier alpha value is -1.34. The second-order valence-corrected chi connectivity index (χ2v) is 4.58. The SMILES string of the molecule is COCCOCCNC(=O)NC1(C(=O)O)CCCC1. The summed E-state index contributed by atoms with van der Waals surface area (Å²) in [5.74, 6) is -0.962. The van der Waals surface area contributed by atoms with Crippen LogP contribution in [0.4, 0.5) is 4.79 Å². The van der Waals surface area contributed by atoms with E-state index in [-0.39, 0.29) is 0 Å². The molecule has 0 radical (unpaired) electrons. The Labute approximate surface area is 112 Å². The number of carbonyl (C=O) groups is 2. The van der Waals surface area contributed by atoms with Crippen molar-refractivity contribution in [2.45, 2.75) is 31.2 Å². The van der Waals surface area contributed by atoms with Gasteiger partial charge in [0.1, 0.15) is 5.54 Å². The summed E-state index contributed by atoms with van der Waals surface area (Å²) in [5, 5.41) is 14.4. The van der Waals surface area contributed by atoms with E-state index < -0.39 is 17.5 Å². The van der Waals surface area contributed by atoms with Gasteiger partial charge in [0.25, 0.3) is 0 Å². The topological polar surface area (TPSA) is 96.9 Å². The lowest BCUT2D eigenvalue weighted by Gasteiger charge is -2.25. The minimum Gasteiger partial charge on any atom is -0.480 e. The first-order valence-corrected chi connectivity index (χ1v) is 6.47. The minimum atomic E-state index is -1.10. The average molecular weight is 274 g/mol. The minimum absolute atomic E-state index is 0.339. The largest absolute Gasteiger partial charge is 0.480 e. The van der Waals surface area contributed by atoms with E-state index in [4.69, 9.17) is 9.47 Å². The van der Waals surface area contributed by atoms with Gasteiger partial charge in [-0.2, -0.15) is 0 Å². The van der Waals surface area contributed by atoms with Crippen molar-refractivity contribution in [1.82, 2.24) is 10.6 Å². The number of carbonyl (C=O) groups excluding carboxylic acids is 1. The molecule has 3 N–H and O–H groups in total. The Morgan fingerprint density at radius 1 is 1.21 bits per heavy atom. The summed E-state index contributed by atoms with van der Waals surface area (Å²) in [5.41, 5.74) is -1.10. The van der Waals surface area contributed by atoms with Crippen LogP contribution in [0.3, 0.4) is 0 Å². The molecule has 0 aliphatic heterocycles. The lowest BCUT2D eigenvalue weighted by Crippen LogP contribution is -2.55. The Bertz CT molecular complexity index is 302. The monoisotopic (exact) mass is 274 g/mol. The highest BCUT2D eigenvalue weighted by molar-refractivity contribution is 5.86. The van der Waals surface area contributed by atoms with Crippen LogP contribution in [-0.2, 0) is 14.3 Å². The number of urea groups is 1. The molecule has 0 heterocycles. The fourth-order valence-electron chi connectivity index (χ4n) is 2.11. The second-order valence-electron chi connectivity index (χ2n) is 4.58. The number of hydrogen-bond donors (Lipinski definition) is 3. The van der Waals surface area contributed by atoms with Crippen molar-refractivity contribution in [1.29, 1.82) is 0 Å². The summed E-state index contributed by atoms with van der Waals surface area (Å²) in [6, 6.07) is -0.459. The molecule has 19 heavy (non-hydrogen) atoms. The van der Waals surface area contributed by atoms with Crippen molar-refractivity contribution in [3.05, 3.63) is 0 Å². The second kappa shape index (κ2) is 7.96. The number of rotatable bonds is 8. The smallest absolute Gasteiger partial charge is 0.329 e. The maximum atomic E-state index is 11.6. The Morgan fingerprint density at radius 2 is 1.89 bits per heavy atom. The third-order valence-electron chi connectivity index (χ3n) is 3.18. The first-order valence-electron chi connectivity index (χ1n) is 6.47. The van der Waals surface area contributed by atoms with E-state index >= 15 is 0 Å². The predicted octanol–water partition coefficient (Wildman–Crippen LogP) is 0.346. The number of ether oxygens (including phenoxy) is 2. The van der Waals surface area contributed by atoms with E-state index in [2.05, 4.69) is 10.6 Å². The molecule has 1 fully saturated rings. The zero-order chi connectivity index (χ0) is 14.1. The Morgan fingerprint density at radius 3 is 2.47 bits per heavy atom. The molecule has 0 atom stereocenters. The highest BCUT2D eigenvalue weighted by atomic mass is 16.5. The van der Waals surface area contributed by atoms with Gasteiger partial charge in [-0.3, -0.25) is 0 Å². The van der Waals surface area contributed by atoms with Gasteiger partial charge in [-0.1, -0.05) is 12.8 Å². The van der Waals surface area contributed by atoms with Crippen molar-refractivity contribution in [2.75, 3.05) is 33.5 Å². The van der Waals surface area contributed by atoms with Crippen LogP contribution in [-0.4, -0.2) is 56.1 Å². The number of amides is 2. The molecule has 7 heteroatoms. The standard InChI is InChI=1S/C12H22N2O5/c1-18-8-9-19-7-6-13-11(17)14-12(10(15)16)4-2-3-5-12/h2-9H2,1H3,(H,15,16)(H2,13,14,17). The van der Waals surface area contributed by atoms with Crippen LogP contribution in [0.5, 0.6) is 0 Å². The lowest BCUT2D eigenvalue weighted by atomic mass is 9.98. The van der Waals surface area contributed by atoms with Crippen LogP contribution in [0.25, 0.3) is 0 Å². The summed E-state index contributed by atoms with van der Waals surface area (Å²) in [4.78, 5) is 22.9. The lowest BCUT2D eigenvalue weighted by molar-refractivity contribution is -0.144. The molecule has 1 aliphatic carbocycles. The third kappa shape index (κ3) is 5.04. The zero-order valence-electron chi connectivity index (χ0n) is 11.2. The van der Waals surface area contributed by atoms with Crippen molar-refractivity contribution >= 4 is 12.0 Å². The van der Waals surface area contributed by atoms with Crippen LogP contribution in [0, 0.1) is 0 Å². The number of hydrogen-bond acceptors (Lipinski definition) is 4. The maximum absolute atomic E-state index is 11.6. The van der Waals surface area contributed by atoms with Gasteiger partial charge in [0.2, 0.25) is 0 Å². The highest BCUT2D eigenvalue weighted by Crippen LogP contribution is 2.29. The molecule has 2 amide bonds. The van der Waals surface area contributed by atoms with Crippen LogP contribution in [0.15, 0.2) is 0 Å². The van der Waals surface area contributed by atoms with Crippen LogP contribution in [0.1, 0.15) is 25.7 Å². The quantitative estimate of drug-likeness (QED) is 0.555. The molecule has 0 aromatic heterocycles. The van der Waals surface area contributed by atoms with E-state index in [1.165, 1.54) is 0 Å². The molecule has 0 saturated heterocycles. The maximum Gasteiger partial charge on any atom is 0.329 e. The van der Waals surface area contributed by atoms with E-state index in [1.54, 1.807) is 7.11 Å². The number of aliphatic carboxylic acids is 1. The summed E-state index contributed by atoms with van der Waals surface area (Å²) < 4.78 is 9.99. The molecular weight excluding hydrogens is 252 g/mol. The molecule has 1 aliphatic rings. The molecule has 110 valence electrons. The van der Waals surface area contributed by atoms with E-state index in [9.17, 15) is 14.7 Å². The molecule has 0 bridgehead atoms. The summed E-state index contributed by atoms with van der Waals surface area (Å²) >= 11 is 0. The molecule has 1 rings (SSSR count). The van der Waals surface area contributed by atoms with Crippen molar-refractivity contribution in [3.63, 3.8) is 0 Å². The van der Waals surface area contributed by atoms with E-state index in [0.29, 0.717) is 39.2 Å². The average Bonchev–Trinajstić information content (AvgIpc) is 2.83. The van der Waals surface area contributed by atoms with Crippen LogP contribution >= 0.6 is 0 Å². The van der Waals surface area contributed by atoms with E-state index in [1.807, 2.05) is 0 Å². The fourth-order valence-corrected chi connectivity index (χ4v) is 2.11. The molecular formula is C12H22N2O5. The van der Waals surface area contributed by atoms with E-state index in [0.717, 1.165) is 12.8 Å². The number of carboxylic acids is 1. The third-order valence-corrected chi connectivity index (χ3v) is 3.18. The molecule has 0 unspecified atom stereocenters. The van der Waals surface area contributed by atoms with Gasteiger partial charge >= 0.3 is 12.0 Å². The first kappa shape index (κ1) is 15.7. The number of carboxylic acid groups (broad SMARTS) is 1. The van der Waals surface area contributed by atoms with Gasteiger partial charge in [-0.05, 0) is 12.8 Å². The van der Waals surface area contributed by atoms with Gasteiger partial charge in [0.15, 0.2) is 0 Å². The molecule has 0 spiro atoms. The van der Waals surface area contributed by atoms with Gasteiger partial charge in [0.05, 0.1) is 19.8 Å². The normalized spacial score (nSPS) is 17.1. The number of nitrogens with one attached hydrogen (secondary N) is 2. The zero-order valence-corrected chi connectivity index (χ0v) is 11.2. The van der Waals surface area contributed by atoms with Crippen molar-refractivity contribution in [3.8, 4) is 0 Å². The van der Waals surface area contributed by atoms with Crippen LogP contribution < -0.4 is 10.6 Å². The number of methoxy groups -OCH3 is 1. The summed E-state index contributed by atoms with van der Waals surface area (Å²) in [7, 11) is 1.59. The molecule has 7 nitrogen and oxygen atoms in total. The molecule has 0 aromatic carbocycles. The van der Waals surface area contributed by atoms with Crippen molar-refractivity contribution in [2.24, 2.45) is 0 Å². The summed E-state index contributed by atoms with van der Waals surface area (Å²) in [6.07, 6.45) is 2.62. The molecule has 0 aromatic rings. The van der Waals surface area contributed by atoms with Gasteiger partial charge in [-0.25, -0.2) is 9.59 Å². The fraction of sp³-hybridized carbons (Fsp3) is 0.833. The van der Waals surface area contributed by atoms with Gasteiger partial charge < -0.3 is 25.2 Å². The predicted molar refractivity (Wildman–Crippen MR) is 68.1 cm³/mol. The first-order chi connectivity index (χ1) is 9.10. The van der Waals surface area contributed by atoms with Gasteiger partial charge in [-0.15, -0.1) is 0 Å². The van der Waals surface area contributed by atoms with Crippen LogP contribution in [0.2, 0.25) is 0 Å². The Balaban J connectivity index is 2.21. The van der Waals surface area contributed by atoms with Gasteiger partial charge in [0, 0.05) is 13.7 Å². The summed E-state index contributed by atoms with van der Waals surface area (Å²) in [6.45, 7) is 1.69. The van der Waals surface area contributed by atoms with Crippen molar-refractivity contribution < 1.29 is 24.2 Å². The Kier molecular flexibility index (Phi) is 6.58. The molecule has 1 saturated carbocycles.